The van der Waals surface area contributed by atoms with E-state index in [1.165, 1.54) is 11.8 Å². The highest BCUT2D eigenvalue weighted by molar-refractivity contribution is 7.99. The standard InChI is InChI=1S/C16H13F3N2S2/c17-10-8-12(18)14(13(19)9-10)15-21(6-7-23-15)16(22)20-11-4-2-1-3-5-11/h1-5,8-9,15H,6-7H2,(H,20,22). The van der Waals surface area contributed by atoms with Gasteiger partial charge in [-0.2, -0.15) is 0 Å². The highest BCUT2D eigenvalue weighted by Gasteiger charge is 2.33. The van der Waals surface area contributed by atoms with E-state index in [2.05, 4.69) is 5.32 Å². The number of hydrogen-bond acceptors (Lipinski definition) is 2. The van der Waals surface area contributed by atoms with Gasteiger partial charge in [0.1, 0.15) is 22.8 Å². The number of nitrogens with zero attached hydrogens (tertiary/aromatic N) is 1. The zero-order chi connectivity index (χ0) is 16.4. The van der Waals surface area contributed by atoms with Crippen molar-refractivity contribution in [3.05, 3.63) is 65.5 Å². The molecule has 0 spiro atoms. The lowest BCUT2D eigenvalue weighted by molar-refractivity contribution is 0.422. The maximum Gasteiger partial charge on any atom is 0.174 e. The van der Waals surface area contributed by atoms with Crippen LogP contribution < -0.4 is 5.32 Å². The van der Waals surface area contributed by atoms with Crippen LogP contribution in [-0.2, 0) is 0 Å². The molecule has 120 valence electrons. The van der Waals surface area contributed by atoms with E-state index in [0.717, 1.165) is 5.69 Å². The molecule has 2 aromatic carbocycles. The second-order valence-corrected chi connectivity index (χ2v) is 6.57. The summed E-state index contributed by atoms with van der Waals surface area (Å²) in [6, 6.07) is 10.7. The van der Waals surface area contributed by atoms with Gasteiger partial charge >= 0.3 is 0 Å². The molecule has 1 unspecified atom stereocenters. The van der Waals surface area contributed by atoms with Crippen molar-refractivity contribution < 1.29 is 13.2 Å². The second-order valence-electron chi connectivity index (χ2n) is 5.00. The van der Waals surface area contributed by atoms with Crippen molar-refractivity contribution >= 4 is 34.8 Å². The number of thioether (sulfide) groups is 1. The largest absolute Gasteiger partial charge is 0.333 e. The maximum absolute atomic E-state index is 14.0. The molecule has 0 amide bonds. The molecule has 1 saturated heterocycles. The average Bonchev–Trinajstić information content (AvgIpc) is 2.96. The SMILES string of the molecule is Fc1cc(F)c(C2SCCN2C(=S)Nc2ccccc2)c(F)c1. The van der Waals surface area contributed by atoms with Crippen molar-refractivity contribution in [2.24, 2.45) is 0 Å². The van der Waals surface area contributed by atoms with Gasteiger partial charge in [0.25, 0.3) is 0 Å². The highest BCUT2D eigenvalue weighted by atomic mass is 32.2. The van der Waals surface area contributed by atoms with Crippen LogP contribution in [0.25, 0.3) is 0 Å². The lowest BCUT2D eigenvalue weighted by Crippen LogP contribution is -2.34. The number of halogens is 3. The van der Waals surface area contributed by atoms with Crippen LogP contribution in [0.1, 0.15) is 10.9 Å². The molecule has 0 radical (unpaired) electrons. The molecule has 1 fully saturated rings. The Morgan fingerprint density at radius 3 is 2.43 bits per heavy atom. The van der Waals surface area contributed by atoms with Crippen LogP contribution in [0.4, 0.5) is 18.9 Å². The van der Waals surface area contributed by atoms with Gasteiger partial charge in [-0.05, 0) is 24.4 Å². The smallest absolute Gasteiger partial charge is 0.174 e. The summed E-state index contributed by atoms with van der Waals surface area (Å²) in [7, 11) is 0. The van der Waals surface area contributed by atoms with E-state index in [1.54, 1.807) is 4.90 Å². The van der Waals surface area contributed by atoms with Crippen molar-refractivity contribution in [1.29, 1.82) is 0 Å². The Bertz CT molecular complexity index is 702. The molecule has 0 saturated carbocycles. The molecule has 3 rings (SSSR count). The number of hydrogen-bond donors (Lipinski definition) is 1. The summed E-state index contributed by atoms with van der Waals surface area (Å²) in [6.07, 6.45) is 0. The molecule has 1 aliphatic heterocycles. The second kappa shape index (κ2) is 6.80. The fourth-order valence-electron chi connectivity index (χ4n) is 2.42. The van der Waals surface area contributed by atoms with E-state index in [4.69, 9.17) is 12.2 Å². The first kappa shape index (κ1) is 16.1. The van der Waals surface area contributed by atoms with Crippen LogP contribution in [0.2, 0.25) is 0 Å². The van der Waals surface area contributed by atoms with Gasteiger partial charge in [0.2, 0.25) is 0 Å². The summed E-state index contributed by atoms with van der Waals surface area (Å²) >= 11 is 6.74. The van der Waals surface area contributed by atoms with Gasteiger partial charge < -0.3 is 10.2 Å². The third kappa shape index (κ3) is 3.45. The maximum atomic E-state index is 14.0. The van der Waals surface area contributed by atoms with Crippen molar-refractivity contribution in [2.45, 2.75) is 5.37 Å². The molecule has 0 bridgehead atoms. The molecule has 1 N–H and O–H groups in total. The fourth-order valence-corrected chi connectivity index (χ4v) is 4.11. The third-order valence-electron chi connectivity index (χ3n) is 3.47. The molecule has 2 nitrogen and oxygen atoms in total. The first-order valence-electron chi connectivity index (χ1n) is 6.95. The van der Waals surface area contributed by atoms with Crippen LogP contribution >= 0.6 is 24.0 Å². The van der Waals surface area contributed by atoms with Gasteiger partial charge in [-0.1, -0.05) is 18.2 Å². The lowest BCUT2D eigenvalue weighted by atomic mass is 10.1. The van der Waals surface area contributed by atoms with Crippen LogP contribution in [-0.4, -0.2) is 22.3 Å². The van der Waals surface area contributed by atoms with E-state index in [9.17, 15) is 13.2 Å². The van der Waals surface area contributed by atoms with E-state index in [0.29, 0.717) is 29.5 Å². The Hall–Kier alpha value is -1.73. The average molecular weight is 354 g/mol. The summed E-state index contributed by atoms with van der Waals surface area (Å²) in [5.41, 5.74) is 0.638. The molecular formula is C16H13F3N2S2. The van der Waals surface area contributed by atoms with Gasteiger partial charge in [0.15, 0.2) is 5.11 Å². The van der Waals surface area contributed by atoms with Crippen LogP contribution in [0.15, 0.2) is 42.5 Å². The van der Waals surface area contributed by atoms with E-state index in [-0.39, 0.29) is 5.56 Å². The van der Waals surface area contributed by atoms with Gasteiger partial charge in [0, 0.05) is 30.1 Å². The van der Waals surface area contributed by atoms with E-state index >= 15 is 0 Å². The number of para-hydroxylation sites is 1. The third-order valence-corrected chi connectivity index (χ3v) is 5.03. The summed E-state index contributed by atoms with van der Waals surface area (Å²) in [5, 5.41) is 2.83. The molecule has 1 heterocycles. The number of anilines is 1. The summed E-state index contributed by atoms with van der Waals surface area (Å²) in [6.45, 7) is 0.560. The van der Waals surface area contributed by atoms with Gasteiger partial charge in [-0.15, -0.1) is 11.8 Å². The number of rotatable bonds is 2. The predicted molar refractivity (Wildman–Crippen MR) is 90.9 cm³/mol. The number of nitrogens with one attached hydrogen (secondary N) is 1. The Morgan fingerprint density at radius 1 is 1.13 bits per heavy atom. The molecule has 23 heavy (non-hydrogen) atoms. The van der Waals surface area contributed by atoms with Crippen LogP contribution in [0, 0.1) is 17.5 Å². The summed E-state index contributed by atoms with van der Waals surface area (Å²) in [4.78, 5) is 1.71. The van der Waals surface area contributed by atoms with Gasteiger partial charge in [0.05, 0.1) is 5.56 Å². The Morgan fingerprint density at radius 2 is 1.78 bits per heavy atom. The predicted octanol–water partition coefficient (Wildman–Crippen LogP) is 4.55. The van der Waals surface area contributed by atoms with Crippen LogP contribution in [0.3, 0.4) is 0 Å². The summed E-state index contributed by atoms with van der Waals surface area (Å²) in [5.74, 6) is -2.04. The Labute approximate surface area is 141 Å². The first-order valence-corrected chi connectivity index (χ1v) is 8.40. The molecule has 1 aliphatic rings. The zero-order valence-corrected chi connectivity index (χ0v) is 13.6. The van der Waals surface area contributed by atoms with Crippen LogP contribution in [0.5, 0.6) is 0 Å². The zero-order valence-electron chi connectivity index (χ0n) is 11.9. The number of benzene rings is 2. The molecule has 7 heteroatoms. The van der Waals surface area contributed by atoms with Gasteiger partial charge in [-0.3, -0.25) is 0 Å². The van der Waals surface area contributed by atoms with Crippen molar-refractivity contribution in [3.63, 3.8) is 0 Å². The topological polar surface area (TPSA) is 15.3 Å². The number of thiocarbonyl (C=S) groups is 1. The quantitative estimate of drug-likeness (QED) is 0.796. The molecule has 2 aromatic rings. The fraction of sp³-hybridized carbons (Fsp3) is 0.188. The minimum absolute atomic E-state index is 0.161. The molecule has 1 atom stereocenters. The Kier molecular flexibility index (Phi) is 4.77. The summed E-state index contributed by atoms with van der Waals surface area (Å²) < 4.78 is 41.2. The minimum atomic E-state index is -0.928. The monoisotopic (exact) mass is 354 g/mol. The normalized spacial score (nSPS) is 17.3. The van der Waals surface area contributed by atoms with Crippen molar-refractivity contribution in [1.82, 2.24) is 4.90 Å². The first-order chi connectivity index (χ1) is 11.1. The van der Waals surface area contributed by atoms with Crippen molar-refractivity contribution in [2.75, 3.05) is 17.6 Å². The minimum Gasteiger partial charge on any atom is -0.333 e. The molecular weight excluding hydrogens is 341 g/mol. The highest BCUT2D eigenvalue weighted by Crippen LogP contribution is 2.40. The lowest BCUT2D eigenvalue weighted by Gasteiger charge is -2.27. The van der Waals surface area contributed by atoms with E-state index < -0.39 is 22.8 Å². The molecule has 0 aliphatic carbocycles. The van der Waals surface area contributed by atoms with E-state index in [1.807, 2.05) is 30.3 Å². The van der Waals surface area contributed by atoms with Gasteiger partial charge in [-0.25, -0.2) is 13.2 Å². The van der Waals surface area contributed by atoms with Crippen molar-refractivity contribution in [3.8, 4) is 0 Å². The molecule has 0 aromatic heterocycles. The Balaban J connectivity index is 1.85.